The number of hydrogen-bond donors (Lipinski definition) is 2. The summed E-state index contributed by atoms with van der Waals surface area (Å²) in [5, 5.41) is 13.8. The molecule has 1 heterocycles. The van der Waals surface area contributed by atoms with Crippen molar-refractivity contribution in [2.24, 2.45) is 0 Å². The van der Waals surface area contributed by atoms with Crippen molar-refractivity contribution in [3.05, 3.63) is 66.4 Å². The van der Waals surface area contributed by atoms with Gasteiger partial charge in [-0.05, 0) is 24.6 Å². The summed E-state index contributed by atoms with van der Waals surface area (Å²) >= 11 is 0. The van der Waals surface area contributed by atoms with E-state index in [9.17, 15) is 4.79 Å². The first kappa shape index (κ1) is 14.7. The Kier molecular flexibility index (Phi) is 5.04. The predicted octanol–water partition coefficient (Wildman–Crippen LogP) is 2.57. The van der Waals surface area contributed by atoms with Gasteiger partial charge in [0.05, 0.1) is 6.04 Å². The molecule has 0 saturated heterocycles. The molecular weight excluding hydrogens is 264 g/mol. The molecule has 0 aliphatic rings. The van der Waals surface area contributed by atoms with E-state index in [4.69, 9.17) is 0 Å². The largest absolute Gasteiger partial charge is 0.365 e. The van der Waals surface area contributed by atoms with Crippen molar-refractivity contribution in [3.63, 3.8) is 0 Å². The number of carbonyl (C=O) groups is 1. The van der Waals surface area contributed by atoms with Crippen molar-refractivity contribution in [3.8, 4) is 0 Å². The van der Waals surface area contributed by atoms with Crippen molar-refractivity contribution >= 4 is 11.7 Å². The molecular formula is C16H18N4O. The highest BCUT2D eigenvalue weighted by molar-refractivity contribution is 5.92. The lowest BCUT2D eigenvalue weighted by atomic mass is 10.1. The first-order valence-electron chi connectivity index (χ1n) is 6.75. The number of nitrogens with one attached hydrogen (secondary N) is 2. The summed E-state index contributed by atoms with van der Waals surface area (Å²) in [7, 11) is 0. The van der Waals surface area contributed by atoms with Gasteiger partial charge in [0.2, 0.25) is 0 Å². The lowest BCUT2D eigenvalue weighted by molar-refractivity contribution is 0.0934. The molecule has 1 aromatic carbocycles. The van der Waals surface area contributed by atoms with Crippen LogP contribution in [0.15, 0.2) is 55.1 Å². The quantitative estimate of drug-likeness (QED) is 0.799. The smallest absolute Gasteiger partial charge is 0.272 e. The molecule has 108 valence electrons. The first-order valence-corrected chi connectivity index (χ1v) is 6.75. The number of rotatable bonds is 6. The third kappa shape index (κ3) is 4.14. The SMILES string of the molecule is C=CCNc1ccc(C(=O)NC(C)c2ccccc2)nn1. The zero-order valence-electron chi connectivity index (χ0n) is 11.9. The van der Waals surface area contributed by atoms with Gasteiger partial charge in [-0.25, -0.2) is 0 Å². The molecule has 21 heavy (non-hydrogen) atoms. The standard InChI is InChI=1S/C16H18N4O/c1-3-11-17-15-10-9-14(19-20-15)16(21)18-12(2)13-7-5-4-6-8-13/h3-10,12H,1,11H2,2H3,(H,17,20)(H,18,21). The molecule has 0 aliphatic heterocycles. The molecule has 5 nitrogen and oxygen atoms in total. The van der Waals surface area contributed by atoms with Crippen LogP contribution >= 0.6 is 0 Å². The fourth-order valence-electron chi connectivity index (χ4n) is 1.82. The fraction of sp³-hybridized carbons (Fsp3) is 0.188. The van der Waals surface area contributed by atoms with E-state index in [1.54, 1.807) is 18.2 Å². The minimum absolute atomic E-state index is 0.0842. The zero-order chi connectivity index (χ0) is 15.1. The summed E-state index contributed by atoms with van der Waals surface area (Å²) in [6.45, 7) is 6.14. The van der Waals surface area contributed by atoms with Gasteiger partial charge in [-0.15, -0.1) is 16.8 Å². The maximum atomic E-state index is 12.1. The van der Waals surface area contributed by atoms with Crippen LogP contribution < -0.4 is 10.6 Å². The van der Waals surface area contributed by atoms with E-state index in [1.807, 2.05) is 37.3 Å². The number of carbonyl (C=O) groups excluding carboxylic acids is 1. The van der Waals surface area contributed by atoms with Crippen LogP contribution in [0, 0.1) is 0 Å². The minimum atomic E-state index is -0.242. The van der Waals surface area contributed by atoms with Gasteiger partial charge < -0.3 is 10.6 Å². The summed E-state index contributed by atoms with van der Waals surface area (Å²) in [5.41, 5.74) is 1.34. The first-order chi connectivity index (χ1) is 10.2. The summed E-state index contributed by atoms with van der Waals surface area (Å²) < 4.78 is 0. The number of anilines is 1. The molecule has 0 spiro atoms. The van der Waals surface area contributed by atoms with Crippen LogP contribution in [0.4, 0.5) is 5.82 Å². The Labute approximate surface area is 124 Å². The molecule has 2 N–H and O–H groups in total. The van der Waals surface area contributed by atoms with Crippen LogP contribution in [0.1, 0.15) is 29.0 Å². The van der Waals surface area contributed by atoms with E-state index < -0.39 is 0 Å². The summed E-state index contributed by atoms with van der Waals surface area (Å²) in [4.78, 5) is 12.1. The van der Waals surface area contributed by atoms with Gasteiger partial charge in [0.1, 0.15) is 5.82 Å². The molecule has 5 heteroatoms. The molecule has 0 saturated carbocycles. The average molecular weight is 282 g/mol. The number of aromatic nitrogens is 2. The topological polar surface area (TPSA) is 66.9 Å². The molecule has 1 unspecified atom stereocenters. The van der Waals surface area contributed by atoms with Crippen molar-refractivity contribution in [2.45, 2.75) is 13.0 Å². The predicted molar refractivity (Wildman–Crippen MR) is 83.0 cm³/mol. The van der Waals surface area contributed by atoms with E-state index in [2.05, 4.69) is 27.4 Å². The van der Waals surface area contributed by atoms with Gasteiger partial charge in [-0.3, -0.25) is 4.79 Å². The Bertz CT molecular complexity index is 595. The van der Waals surface area contributed by atoms with E-state index in [-0.39, 0.29) is 11.9 Å². The monoisotopic (exact) mass is 282 g/mol. The zero-order valence-corrected chi connectivity index (χ0v) is 11.9. The molecule has 1 aromatic heterocycles. The third-order valence-electron chi connectivity index (χ3n) is 2.97. The summed E-state index contributed by atoms with van der Waals surface area (Å²) in [6.07, 6.45) is 1.73. The van der Waals surface area contributed by atoms with E-state index in [0.29, 0.717) is 18.1 Å². The number of benzene rings is 1. The van der Waals surface area contributed by atoms with Gasteiger partial charge >= 0.3 is 0 Å². The van der Waals surface area contributed by atoms with Crippen LogP contribution in [0.3, 0.4) is 0 Å². The molecule has 2 aromatic rings. The Balaban J connectivity index is 1.98. The third-order valence-corrected chi connectivity index (χ3v) is 2.97. The normalized spacial score (nSPS) is 11.5. The maximum absolute atomic E-state index is 12.1. The molecule has 0 aliphatic carbocycles. The molecule has 2 rings (SSSR count). The number of amides is 1. The Morgan fingerprint density at radius 2 is 2.00 bits per heavy atom. The molecule has 0 radical (unpaired) electrons. The van der Waals surface area contributed by atoms with E-state index >= 15 is 0 Å². The highest BCUT2D eigenvalue weighted by atomic mass is 16.2. The summed E-state index contributed by atoms with van der Waals surface area (Å²) in [5.74, 6) is 0.372. The molecule has 0 fully saturated rings. The Hall–Kier alpha value is -2.69. The average Bonchev–Trinajstić information content (AvgIpc) is 2.54. The second kappa shape index (κ2) is 7.19. The minimum Gasteiger partial charge on any atom is -0.365 e. The lowest BCUT2D eigenvalue weighted by Crippen LogP contribution is -2.27. The van der Waals surface area contributed by atoms with Crippen LogP contribution in [0.5, 0.6) is 0 Å². The number of hydrogen-bond acceptors (Lipinski definition) is 4. The number of nitrogens with zero attached hydrogens (tertiary/aromatic N) is 2. The van der Waals surface area contributed by atoms with Crippen LogP contribution in [0.2, 0.25) is 0 Å². The van der Waals surface area contributed by atoms with Crippen molar-refractivity contribution in [1.29, 1.82) is 0 Å². The van der Waals surface area contributed by atoms with Gasteiger partial charge in [0, 0.05) is 6.54 Å². The second-order valence-corrected chi connectivity index (χ2v) is 4.58. The van der Waals surface area contributed by atoms with E-state index in [0.717, 1.165) is 5.56 Å². The molecule has 1 amide bonds. The van der Waals surface area contributed by atoms with Gasteiger partial charge in [0.15, 0.2) is 5.69 Å². The molecule has 1 atom stereocenters. The van der Waals surface area contributed by atoms with Crippen molar-refractivity contribution in [2.75, 3.05) is 11.9 Å². The van der Waals surface area contributed by atoms with Gasteiger partial charge in [0.25, 0.3) is 5.91 Å². The molecule has 0 bridgehead atoms. The second-order valence-electron chi connectivity index (χ2n) is 4.58. The van der Waals surface area contributed by atoms with Crippen molar-refractivity contribution in [1.82, 2.24) is 15.5 Å². The van der Waals surface area contributed by atoms with Crippen LogP contribution in [-0.2, 0) is 0 Å². The summed E-state index contributed by atoms with van der Waals surface area (Å²) in [6, 6.07) is 13.1. The maximum Gasteiger partial charge on any atom is 0.272 e. The Morgan fingerprint density at radius 1 is 1.24 bits per heavy atom. The van der Waals surface area contributed by atoms with E-state index in [1.165, 1.54) is 0 Å². The fourth-order valence-corrected chi connectivity index (χ4v) is 1.82. The van der Waals surface area contributed by atoms with Crippen LogP contribution in [0.25, 0.3) is 0 Å². The lowest BCUT2D eigenvalue weighted by Gasteiger charge is -2.13. The Morgan fingerprint density at radius 3 is 2.62 bits per heavy atom. The highest BCUT2D eigenvalue weighted by Crippen LogP contribution is 2.12. The van der Waals surface area contributed by atoms with Gasteiger partial charge in [-0.2, -0.15) is 0 Å². The van der Waals surface area contributed by atoms with Gasteiger partial charge in [-0.1, -0.05) is 36.4 Å². The van der Waals surface area contributed by atoms with Crippen molar-refractivity contribution < 1.29 is 4.79 Å². The van der Waals surface area contributed by atoms with Crippen LogP contribution in [-0.4, -0.2) is 22.6 Å². The highest BCUT2D eigenvalue weighted by Gasteiger charge is 2.12.